The van der Waals surface area contributed by atoms with Crippen LogP contribution in [-0.2, 0) is 20.0 Å². The first kappa shape index (κ1) is 15.5. The smallest absolute Gasteiger partial charge is 0.137 e. The lowest BCUT2D eigenvalue weighted by atomic mass is 9.96. The molecule has 1 fully saturated rings. The Labute approximate surface area is 142 Å². The molecule has 1 saturated heterocycles. The lowest BCUT2D eigenvalue weighted by Crippen LogP contribution is -2.38. The predicted octanol–water partition coefficient (Wildman–Crippen LogP) is 1.37. The molecule has 0 aliphatic carbocycles. The van der Waals surface area contributed by atoms with Gasteiger partial charge in [0.2, 0.25) is 0 Å². The van der Waals surface area contributed by atoms with E-state index in [4.69, 9.17) is 0 Å². The van der Waals surface area contributed by atoms with Crippen molar-refractivity contribution >= 4 is 5.82 Å². The largest absolute Gasteiger partial charge is 0.356 e. The fourth-order valence-electron chi connectivity index (χ4n) is 3.97. The number of rotatable bonds is 3. The van der Waals surface area contributed by atoms with Gasteiger partial charge in [0.25, 0.3) is 0 Å². The third-order valence-electron chi connectivity index (χ3n) is 5.34. The highest BCUT2D eigenvalue weighted by molar-refractivity contribution is 5.50. The van der Waals surface area contributed by atoms with Crippen molar-refractivity contribution in [1.82, 2.24) is 29.6 Å². The van der Waals surface area contributed by atoms with E-state index in [1.54, 1.807) is 12.7 Å². The summed E-state index contributed by atoms with van der Waals surface area (Å²) >= 11 is 0. The molecule has 2 aliphatic rings. The van der Waals surface area contributed by atoms with E-state index in [2.05, 4.69) is 36.9 Å². The molecule has 0 radical (unpaired) electrons. The van der Waals surface area contributed by atoms with Gasteiger partial charge in [0.05, 0.1) is 5.69 Å². The lowest BCUT2D eigenvalue weighted by molar-refractivity contribution is 0.265. The number of hydrogen-bond donors (Lipinski definition) is 0. The van der Waals surface area contributed by atoms with Gasteiger partial charge < -0.3 is 9.47 Å². The van der Waals surface area contributed by atoms with Crippen molar-refractivity contribution in [3.8, 4) is 0 Å². The molecule has 7 heteroatoms. The van der Waals surface area contributed by atoms with Crippen LogP contribution in [0.1, 0.15) is 42.8 Å². The van der Waals surface area contributed by atoms with Crippen molar-refractivity contribution in [2.75, 3.05) is 31.1 Å². The Morgan fingerprint density at radius 1 is 1.25 bits per heavy atom. The normalized spacial score (nSPS) is 21.8. The van der Waals surface area contributed by atoms with E-state index in [9.17, 15) is 0 Å². The molecule has 0 spiro atoms. The van der Waals surface area contributed by atoms with E-state index < -0.39 is 0 Å². The zero-order valence-electron chi connectivity index (χ0n) is 14.5. The molecule has 4 heterocycles. The van der Waals surface area contributed by atoms with Crippen LogP contribution in [-0.4, -0.2) is 55.8 Å². The van der Waals surface area contributed by atoms with Crippen molar-refractivity contribution in [2.45, 2.75) is 38.6 Å². The molecular weight excluding hydrogens is 302 g/mol. The van der Waals surface area contributed by atoms with Crippen molar-refractivity contribution in [2.24, 2.45) is 7.05 Å². The molecule has 0 aromatic carbocycles. The fourth-order valence-corrected chi connectivity index (χ4v) is 3.97. The van der Waals surface area contributed by atoms with E-state index in [0.717, 1.165) is 63.6 Å². The number of nitrogens with zero attached hydrogens (tertiary/aromatic N) is 7. The number of likely N-dealkylation sites (N-methyl/N-ethyl adjacent to an activating group) is 1. The molecule has 2 aromatic rings. The van der Waals surface area contributed by atoms with Gasteiger partial charge in [-0.05, 0) is 19.4 Å². The molecule has 0 amide bonds. The molecule has 2 aliphatic heterocycles. The lowest BCUT2D eigenvalue weighted by Gasteiger charge is -2.36. The third-order valence-corrected chi connectivity index (χ3v) is 5.34. The Morgan fingerprint density at radius 3 is 2.96 bits per heavy atom. The molecular formula is C17H25N7. The summed E-state index contributed by atoms with van der Waals surface area (Å²) in [6.45, 7) is 7.38. The average molecular weight is 327 g/mol. The summed E-state index contributed by atoms with van der Waals surface area (Å²) in [5, 5.41) is 8.37. The first-order valence-electron chi connectivity index (χ1n) is 8.90. The Kier molecular flexibility index (Phi) is 4.18. The summed E-state index contributed by atoms with van der Waals surface area (Å²) in [6, 6.07) is 0. The SMILES string of the molecule is CCN1CCc2ncnc(N3CCCC(c4nncn4C)C3)c2C1. The molecule has 1 unspecified atom stereocenters. The van der Waals surface area contributed by atoms with Crippen LogP contribution in [0.5, 0.6) is 0 Å². The van der Waals surface area contributed by atoms with E-state index in [1.807, 2.05) is 11.6 Å². The Bertz CT molecular complexity index is 711. The number of fused-ring (bicyclic) bond motifs is 1. The van der Waals surface area contributed by atoms with Crippen LogP contribution in [0.4, 0.5) is 5.82 Å². The topological polar surface area (TPSA) is 63.0 Å². The Morgan fingerprint density at radius 2 is 2.17 bits per heavy atom. The van der Waals surface area contributed by atoms with Crippen molar-refractivity contribution in [3.63, 3.8) is 0 Å². The highest BCUT2D eigenvalue weighted by Gasteiger charge is 2.29. The minimum absolute atomic E-state index is 0.419. The Balaban J connectivity index is 1.61. The van der Waals surface area contributed by atoms with Crippen LogP contribution in [0.2, 0.25) is 0 Å². The maximum atomic E-state index is 4.67. The summed E-state index contributed by atoms with van der Waals surface area (Å²) < 4.78 is 2.04. The molecule has 0 saturated carbocycles. The summed E-state index contributed by atoms with van der Waals surface area (Å²) in [6.07, 6.45) is 6.88. The van der Waals surface area contributed by atoms with Gasteiger partial charge in [-0.25, -0.2) is 9.97 Å². The summed E-state index contributed by atoms with van der Waals surface area (Å²) in [7, 11) is 2.03. The number of hydrogen-bond acceptors (Lipinski definition) is 6. The molecule has 1 atom stereocenters. The molecule has 128 valence electrons. The first-order valence-corrected chi connectivity index (χ1v) is 8.90. The second kappa shape index (κ2) is 6.47. The Hall–Kier alpha value is -2.02. The predicted molar refractivity (Wildman–Crippen MR) is 91.9 cm³/mol. The first-order chi connectivity index (χ1) is 11.8. The number of piperidine rings is 1. The molecule has 0 bridgehead atoms. The van der Waals surface area contributed by atoms with Gasteiger partial charge in [-0.15, -0.1) is 10.2 Å². The average Bonchev–Trinajstić information content (AvgIpc) is 3.07. The van der Waals surface area contributed by atoms with Crippen LogP contribution in [0, 0.1) is 0 Å². The number of aromatic nitrogens is 5. The highest BCUT2D eigenvalue weighted by Crippen LogP contribution is 2.31. The van der Waals surface area contributed by atoms with Gasteiger partial charge in [0.1, 0.15) is 24.3 Å². The maximum Gasteiger partial charge on any atom is 0.137 e. The monoisotopic (exact) mass is 327 g/mol. The highest BCUT2D eigenvalue weighted by atomic mass is 15.3. The molecule has 24 heavy (non-hydrogen) atoms. The van der Waals surface area contributed by atoms with E-state index in [1.165, 1.54) is 11.3 Å². The van der Waals surface area contributed by atoms with Crippen molar-refractivity contribution in [3.05, 3.63) is 29.7 Å². The number of anilines is 1. The van der Waals surface area contributed by atoms with Gasteiger partial charge >= 0.3 is 0 Å². The second-order valence-electron chi connectivity index (χ2n) is 6.83. The van der Waals surface area contributed by atoms with Crippen molar-refractivity contribution < 1.29 is 0 Å². The minimum atomic E-state index is 0.419. The van der Waals surface area contributed by atoms with Crippen LogP contribution in [0.25, 0.3) is 0 Å². The quantitative estimate of drug-likeness (QED) is 0.848. The molecule has 7 nitrogen and oxygen atoms in total. The maximum absolute atomic E-state index is 4.67. The summed E-state index contributed by atoms with van der Waals surface area (Å²) in [4.78, 5) is 14.1. The summed E-state index contributed by atoms with van der Waals surface area (Å²) in [5.41, 5.74) is 2.55. The van der Waals surface area contributed by atoms with E-state index in [-0.39, 0.29) is 0 Å². The number of aryl methyl sites for hydroxylation is 1. The van der Waals surface area contributed by atoms with Crippen LogP contribution in [0.3, 0.4) is 0 Å². The second-order valence-corrected chi connectivity index (χ2v) is 6.83. The van der Waals surface area contributed by atoms with Gasteiger partial charge in [-0.1, -0.05) is 6.92 Å². The van der Waals surface area contributed by atoms with Crippen LogP contribution < -0.4 is 4.90 Å². The van der Waals surface area contributed by atoms with Gasteiger partial charge in [-0.3, -0.25) is 4.90 Å². The zero-order valence-corrected chi connectivity index (χ0v) is 14.5. The van der Waals surface area contributed by atoms with Crippen LogP contribution in [0.15, 0.2) is 12.7 Å². The molecule has 4 rings (SSSR count). The molecule has 2 aromatic heterocycles. The van der Waals surface area contributed by atoms with Gasteiger partial charge in [-0.2, -0.15) is 0 Å². The third kappa shape index (κ3) is 2.77. The minimum Gasteiger partial charge on any atom is -0.356 e. The standard InChI is InChI=1S/C17H25N7/c1-3-23-8-6-15-14(10-23)17(19-11-18-15)24-7-4-5-13(9-24)16-21-20-12-22(16)2/h11-13H,3-10H2,1-2H3. The van der Waals surface area contributed by atoms with Gasteiger partial charge in [0.15, 0.2) is 0 Å². The molecule has 0 N–H and O–H groups in total. The van der Waals surface area contributed by atoms with Crippen LogP contribution >= 0.6 is 0 Å². The summed E-state index contributed by atoms with van der Waals surface area (Å²) in [5.74, 6) is 2.63. The van der Waals surface area contributed by atoms with E-state index >= 15 is 0 Å². The van der Waals surface area contributed by atoms with Crippen molar-refractivity contribution in [1.29, 1.82) is 0 Å². The fraction of sp³-hybridized carbons (Fsp3) is 0.647. The zero-order chi connectivity index (χ0) is 16.5. The van der Waals surface area contributed by atoms with E-state index in [0.29, 0.717) is 5.92 Å². The van der Waals surface area contributed by atoms with Gasteiger partial charge in [0, 0.05) is 51.1 Å².